The van der Waals surface area contributed by atoms with E-state index in [1.54, 1.807) is 24.4 Å². The molecule has 0 atom stereocenters. The Hall–Kier alpha value is -2.36. The molecule has 1 aromatic carbocycles. The van der Waals surface area contributed by atoms with E-state index < -0.39 is 0 Å². The SMILES string of the molecule is COc1ccc(CC(=O)N(C)CCc2ccncc2)cc1C. The van der Waals surface area contributed by atoms with Crippen LogP contribution in [0.4, 0.5) is 0 Å². The van der Waals surface area contributed by atoms with Crippen molar-refractivity contribution >= 4 is 5.91 Å². The molecule has 0 N–H and O–H groups in total. The van der Waals surface area contributed by atoms with Crippen LogP contribution in [0.3, 0.4) is 0 Å². The molecule has 4 nitrogen and oxygen atoms in total. The summed E-state index contributed by atoms with van der Waals surface area (Å²) >= 11 is 0. The van der Waals surface area contributed by atoms with Crippen molar-refractivity contribution in [2.45, 2.75) is 19.8 Å². The number of hydrogen-bond donors (Lipinski definition) is 0. The summed E-state index contributed by atoms with van der Waals surface area (Å²) in [6.45, 7) is 2.69. The van der Waals surface area contributed by atoms with Gasteiger partial charge in [0.1, 0.15) is 5.75 Å². The molecule has 0 aliphatic carbocycles. The second kappa shape index (κ2) is 7.59. The predicted octanol–water partition coefficient (Wildman–Crippen LogP) is 2.64. The van der Waals surface area contributed by atoms with Gasteiger partial charge in [-0.2, -0.15) is 0 Å². The highest BCUT2D eigenvalue weighted by atomic mass is 16.5. The lowest BCUT2D eigenvalue weighted by atomic mass is 10.1. The lowest BCUT2D eigenvalue weighted by Crippen LogP contribution is -2.30. The lowest BCUT2D eigenvalue weighted by molar-refractivity contribution is -0.129. The Morgan fingerprint density at radius 3 is 2.55 bits per heavy atom. The number of aromatic nitrogens is 1. The van der Waals surface area contributed by atoms with Crippen LogP contribution in [0.25, 0.3) is 0 Å². The Labute approximate surface area is 131 Å². The van der Waals surface area contributed by atoms with Crippen molar-refractivity contribution in [3.8, 4) is 5.75 Å². The van der Waals surface area contributed by atoms with E-state index in [2.05, 4.69) is 4.98 Å². The van der Waals surface area contributed by atoms with E-state index in [-0.39, 0.29) is 5.91 Å². The normalized spacial score (nSPS) is 10.3. The first-order valence-electron chi connectivity index (χ1n) is 7.36. The minimum atomic E-state index is 0.124. The maximum Gasteiger partial charge on any atom is 0.226 e. The van der Waals surface area contributed by atoms with Gasteiger partial charge in [0, 0.05) is 26.0 Å². The number of methoxy groups -OCH3 is 1. The van der Waals surface area contributed by atoms with Crippen LogP contribution in [0.5, 0.6) is 5.75 Å². The third-order valence-electron chi connectivity index (χ3n) is 3.73. The molecule has 116 valence electrons. The standard InChI is InChI=1S/C18H22N2O2/c1-14-12-16(4-5-17(14)22-3)13-18(21)20(2)11-8-15-6-9-19-10-7-15/h4-7,9-10,12H,8,11,13H2,1-3H3. The lowest BCUT2D eigenvalue weighted by Gasteiger charge is -2.17. The molecule has 4 heteroatoms. The number of pyridine rings is 1. The van der Waals surface area contributed by atoms with Crippen LogP contribution in [0, 0.1) is 6.92 Å². The number of hydrogen-bond acceptors (Lipinski definition) is 3. The first kappa shape index (κ1) is 16.0. The van der Waals surface area contributed by atoms with Crippen LogP contribution in [-0.2, 0) is 17.6 Å². The third kappa shape index (κ3) is 4.32. The molecule has 22 heavy (non-hydrogen) atoms. The molecule has 0 spiro atoms. The highest BCUT2D eigenvalue weighted by Gasteiger charge is 2.10. The van der Waals surface area contributed by atoms with E-state index in [0.29, 0.717) is 13.0 Å². The van der Waals surface area contributed by atoms with Crippen LogP contribution < -0.4 is 4.74 Å². The second-order valence-corrected chi connectivity index (χ2v) is 5.40. The quantitative estimate of drug-likeness (QED) is 0.823. The number of nitrogens with zero attached hydrogens (tertiary/aromatic N) is 2. The molecule has 0 saturated carbocycles. The van der Waals surface area contributed by atoms with E-state index in [9.17, 15) is 4.79 Å². The molecule has 1 aromatic heterocycles. The molecular formula is C18H22N2O2. The van der Waals surface area contributed by atoms with Crippen molar-refractivity contribution in [3.05, 3.63) is 59.4 Å². The van der Waals surface area contributed by atoms with E-state index in [1.165, 1.54) is 5.56 Å². The summed E-state index contributed by atoms with van der Waals surface area (Å²) < 4.78 is 5.24. The van der Waals surface area contributed by atoms with Gasteiger partial charge in [0.25, 0.3) is 0 Å². The Morgan fingerprint density at radius 1 is 1.18 bits per heavy atom. The Kier molecular flexibility index (Phi) is 5.53. The number of rotatable bonds is 6. The minimum Gasteiger partial charge on any atom is -0.496 e. The molecule has 0 radical (unpaired) electrons. The van der Waals surface area contributed by atoms with Gasteiger partial charge in [0.15, 0.2) is 0 Å². The second-order valence-electron chi connectivity index (χ2n) is 5.40. The molecule has 0 fully saturated rings. The molecule has 0 saturated heterocycles. The highest BCUT2D eigenvalue weighted by Crippen LogP contribution is 2.19. The zero-order valence-electron chi connectivity index (χ0n) is 13.4. The Balaban J connectivity index is 1.89. The van der Waals surface area contributed by atoms with E-state index in [1.807, 2.05) is 44.3 Å². The Bertz CT molecular complexity index is 626. The molecule has 0 unspecified atom stereocenters. The summed E-state index contributed by atoms with van der Waals surface area (Å²) in [5.41, 5.74) is 3.25. The molecule has 2 rings (SSSR count). The topological polar surface area (TPSA) is 42.4 Å². The molecule has 2 aromatic rings. The number of carbonyl (C=O) groups is 1. The highest BCUT2D eigenvalue weighted by molar-refractivity contribution is 5.78. The van der Waals surface area contributed by atoms with Crippen LogP contribution in [0.1, 0.15) is 16.7 Å². The number of aryl methyl sites for hydroxylation is 1. The van der Waals surface area contributed by atoms with Gasteiger partial charge in [-0.3, -0.25) is 9.78 Å². The van der Waals surface area contributed by atoms with Crippen molar-refractivity contribution in [2.75, 3.05) is 20.7 Å². The molecule has 1 heterocycles. The number of ether oxygens (including phenoxy) is 1. The third-order valence-corrected chi connectivity index (χ3v) is 3.73. The van der Waals surface area contributed by atoms with Gasteiger partial charge in [-0.1, -0.05) is 12.1 Å². The zero-order valence-corrected chi connectivity index (χ0v) is 13.4. The summed E-state index contributed by atoms with van der Waals surface area (Å²) in [5.74, 6) is 0.973. The Morgan fingerprint density at radius 2 is 1.91 bits per heavy atom. The van der Waals surface area contributed by atoms with Gasteiger partial charge in [0.2, 0.25) is 5.91 Å². The van der Waals surface area contributed by atoms with Crippen LogP contribution in [-0.4, -0.2) is 36.5 Å². The van der Waals surface area contributed by atoms with Gasteiger partial charge < -0.3 is 9.64 Å². The number of amides is 1. The summed E-state index contributed by atoms with van der Waals surface area (Å²) in [7, 11) is 3.50. The fourth-order valence-corrected chi connectivity index (χ4v) is 2.33. The number of carbonyl (C=O) groups excluding carboxylic acids is 1. The van der Waals surface area contributed by atoms with Crippen LogP contribution in [0.15, 0.2) is 42.7 Å². The average molecular weight is 298 g/mol. The molecule has 0 aliphatic heterocycles. The van der Waals surface area contributed by atoms with Crippen LogP contribution >= 0.6 is 0 Å². The van der Waals surface area contributed by atoms with Gasteiger partial charge in [-0.15, -0.1) is 0 Å². The van der Waals surface area contributed by atoms with Gasteiger partial charge in [-0.25, -0.2) is 0 Å². The number of benzene rings is 1. The van der Waals surface area contributed by atoms with Crippen molar-refractivity contribution in [1.29, 1.82) is 0 Å². The zero-order chi connectivity index (χ0) is 15.9. The maximum atomic E-state index is 12.3. The summed E-state index contributed by atoms with van der Waals surface area (Å²) in [5, 5.41) is 0. The summed E-state index contributed by atoms with van der Waals surface area (Å²) in [6, 6.07) is 9.82. The average Bonchev–Trinajstić information content (AvgIpc) is 2.53. The van der Waals surface area contributed by atoms with E-state index in [4.69, 9.17) is 4.74 Å². The van der Waals surface area contributed by atoms with Crippen molar-refractivity contribution in [1.82, 2.24) is 9.88 Å². The van der Waals surface area contributed by atoms with Crippen molar-refractivity contribution in [2.24, 2.45) is 0 Å². The summed E-state index contributed by atoms with van der Waals surface area (Å²) in [4.78, 5) is 18.1. The largest absolute Gasteiger partial charge is 0.496 e. The monoisotopic (exact) mass is 298 g/mol. The number of likely N-dealkylation sites (N-methyl/N-ethyl adjacent to an activating group) is 1. The maximum absolute atomic E-state index is 12.3. The van der Waals surface area contributed by atoms with Crippen LogP contribution in [0.2, 0.25) is 0 Å². The van der Waals surface area contributed by atoms with E-state index in [0.717, 1.165) is 23.3 Å². The van der Waals surface area contributed by atoms with Gasteiger partial charge >= 0.3 is 0 Å². The molecular weight excluding hydrogens is 276 g/mol. The van der Waals surface area contributed by atoms with Gasteiger partial charge in [0.05, 0.1) is 13.5 Å². The minimum absolute atomic E-state index is 0.124. The summed E-state index contributed by atoms with van der Waals surface area (Å²) in [6.07, 6.45) is 4.80. The first-order valence-corrected chi connectivity index (χ1v) is 7.36. The first-order chi connectivity index (χ1) is 10.6. The molecule has 0 aliphatic rings. The smallest absolute Gasteiger partial charge is 0.226 e. The van der Waals surface area contributed by atoms with Crippen molar-refractivity contribution < 1.29 is 9.53 Å². The van der Waals surface area contributed by atoms with E-state index >= 15 is 0 Å². The molecule has 0 bridgehead atoms. The predicted molar refractivity (Wildman–Crippen MR) is 87.0 cm³/mol. The fourth-order valence-electron chi connectivity index (χ4n) is 2.33. The molecule has 1 amide bonds. The van der Waals surface area contributed by atoms with Crippen molar-refractivity contribution in [3.63, 3.8) is 0 Å². The fraction of sp³-hybridized carbons (Fsp3) is 0.333. The van der Waals surface area contributed by atoms with Gasteiger partial charge in [-0.05, 0) is 48.2 Å².